The first-order valence-corrected chi connectivity index (χ1v) is 19.5. The van der Waals surface area contributed by atoms with Crippen LogP contribution in [0.5, 0.6) is 17.4 Å². The molecule has 1 spiro atoms. The van der Waals surface area contributed by atoms with Crippen LogP contribution < -0.4 is 4.74 Å². The largest absolute Gasteiger partial charge is 0.517 e. The van der Waals surface area contributed by atoms with Gasteiger partial charge in [-0.1, -0.05) is 136 Å². The quantitative estimate of drug-likeness (QED) is 0.154. The molecule has 56 heavy (non-hydrogen) atoms. The average Bonchev–Trinajstić information content (AvgIpc) is 3.74. The molecule has 0 saturated carbocycles. The Kier molecular flexibility index (Phi) is 10.3. The Labute approximate surface area is 345 Å². The molecule has 0 saturated heterocycles. The van der Waals surface area contributed by atoms with E-state index in [1.165, 1.54) is 57.3 Å². The Morgan fingerprint density at radius 2 is 1.25 bits per heavy atom. The van der Waals surface area contributed by atoms with E-state index in [9.17, 15) is 5.11 Å². The molecule has 2 aromatic heterocycles. The zero-order valence-corrected chi connectivity index (χ0v) is 34.5. The summed E-state index contributed by atoms with van der Waals surface area (Å²) in [7, 11) is 0. The molecule has 2 aliphatic carbocycles. The van der Waals surface area contributed by atoms with Gasteiger partial charge in [0, 0.05) is 39.1 Å². The molecule has 0 aliphatic heterocycles. The Morgan fingerprint density at radius 1 is 0.607 bits per heavy atom. The number of fused-ring (bicyclic) bond motifs is 2. The number of hydrogen-bond acceptors (Lipinski definition) is 4. The maximum Gasteiger partial charge on any atom is 0.217 e. The number of phenolic OH excluding ortho intramolecular Hbond substituents is 1. The van der Waals surface area contributed by atoms with Gasteiger partial charge in [-0.3, -0.25) is 4.98 Å². The minimum Gasteiger partial charge on any atom is -0.517 e. The number of benzene rings is 5. The van der Waals surface area contributed by atoms with Crippen molar-refractivity contribution in [3.63, 3.8) is 0 Å². The van der Waals surface area contributed by atoms with Crippen molar-refractivity contribution in [2.75, 3.05) is 0 Å². The van der Waals surface area contributed by atoms with Gasteiger partial charge in [0.2, 0.25) is 5.88 Å². The summed E-state index contributed by atoms with van der Waals surface area (Å²) in [5, 5.41) is 10.9. The van der Waals surface area contributed by atoms with Crippen molar-refractivity contribution in [3.8, 4) is 62.1 Å². The van der Waals surface area contributed by atoms with Crippen molar-refractivity contribution >= 4 is 0 Å². The molecule has 0 bridgehead atoms. The Balaban J connectivity index is 0.00000441. The van der Waals surface area contributed by atoms with Crippen LogP contribution in [0.2, 0.25) is 0 Å². The molecule has 2 heterocycles. The molecule has 0 fully saturated rings. The molecular weight excluding hydrogens is 868 g/mol. The summed E-state index contributed by atoms with van der Waals surface area (Å²) in [4.78, 5) is 9.71. The summed E-state index contributed by atoms with van der Waals surface area (Å²) in [5.74, 6) is 1.80. The first-order valence-electron chi connectivity index (χ1n) is 19.5. The second kappa shape index (κ2) is 15.3. The van der Waals surface area contributed by atoms with Crippen LogP contribution in [0.25, 0.3) is 44.8 Å². The summed E-state index contributed by atoms with van der Waals surface area (Å²) >= 11 is 0. The zero-order valence-electron chi connectivity index (χ0n) is 32.3. The predicted molar refractivity (Wildman–Crippen MR) is 223 cm³/mol. The molecule has 1 N–H and O–H groups in total. The van der Waals surface area contributed by atoms with Gasteiger partial charge < -0.3 is 9.84 Å². The van der Waals surface area contributed by atoms with Gasteiger partial charge in [0.25, 0.3) is 0 Å². The fourth-order valence-electron chi connectivity index (χ4n) is 8.99. The minimum absolute atomic E-state index is 0. The number of pyridine rings is 2. The second-order valence-electron chi connectivity index (χ2n) is 16.1. The van der Waals surface area contributed by atoms with E-state index in [1.807, 2.05) is 48.7 Å². The van der Waals surface area contributed by atoms with E-state index in [-0.39, 0.29) is 26.8 Å². The Morgan fingerprint density at radius 3 is 1.96 bits per heavy atom. The third-order valence-electron chi connectivity index (χ3n) is 11.6. The van der Waals surface area contributed by atoms with Crippen LogP contribution >= 0.6 is 0 Å². The monoisotopic (exact) mass is 912 g/mol. The van der Waals surface area contributed by atoms with E-state index in [2.05, 4.69) is 113 Å². The van der Waals surface area contributed by atoms with Gasteiger partial charge in [-0.05, 0) is 117 Å². The predicted octanol–water partition coefficient (Wildman–Crippen LogP) is 12.6. The van der Waals surface area contributed by atoms with Gasteiger partial charge in [0.15, 0.2) is 0 Å². The summed E-state index contributed by atoms with van der Waals surface area (Å²) in [6, 6.07) is 47.6. The molecule has 9 rings (SSSR count). The first kappa shape index (κ1) is 37.6. The van der Waals surface area contributed by atoms with Crippen LogP contribution in [0, 0.1) is 11.5 Å². The summed E-state index contributed by atoms with van der Waals surface area (Å²) in [6.45, 7) is 8.92. The second-order valence-corrected chi connectivity index (χ2v) is 16.1. The molecule has 0 amide bonds. The van der Waals surface area contributed by atoms with Crippen molar-refractivity contribution in [3.05, 3.63) is 173 Å². The molecule has 2 aliphatic rings. The van der Waals surface area contributed by atoms with Crippen LogP contribution in [0.3, 0.4) is 0 Å². The van der Waals surface area contributed by atoms with E-state index in [0.717, 1.165) is 40.9 Å². The van der Waals surface area contributed by atoms with Crippen LogP contribution in [-0.2, 0) is 46.7 Å². The van der Waals surface area contributed by atoms with Gasteiger partial charge in [0.05, 0.1) is 17.1 Å². The number of aromatic nitrogens is 2. The third kappa shape index (κ3) is 7.24. The third-order valence-corrected chi connectivity index (χ3v) is 11.6. The maximum atomic E-state index is 10.9. The van der Waals surface area contributed by atoms with E-state index < -0.39 is 0 Å². The SMILES string of the molecule is CC(C)c1cccc(C(C)C)c1-c1cc(Oc2cccc(-c3cc(-c4ccc5c(c4)CC4(Cc6ccccc6C4)C5)ccn3)n2)[c-]c(-c2ccccc2O)c1.[Pt]. The number of aromatic hydroxyl groups is 1. The van der Waals surface area contributed by atoms with Gasteiger partial charge in [-0.2, -0.15) is 0 Å². The van der Waals surface area contributed by atoms with Crippen LogP contribution in [0.15, 0.2) is 134 Å². The standard InChI is InChI=1S/C51H45N2O2.Pt/c1-32(2)43-14-9-15-44(33(3)4)50(43)40-24-39(45-13-7-8-17-48(45)54)25-42(26-40)55-49-18-10-16-46(53-49)47-27-35(21-22-52-47)34-19-20-38-30-51(31-41(38)23-34)28-36-11-5-6-12-37(36)29-51;/h5-24,26-27,32-33,54H,28-31H2,1-4H3;/q-1;. The van der Waals surface area contributed by atoms with Crippen molar-refractivity contribution in [2.45, 2.75) is 65.2 Å². The van der Waals surface area contributed by atoms with Crippen LogP contribution in [0.4, 0.5) is 0 Å². The van der Waals surface area contributed by atoms with Gasteiger partial charge in [-0.15, -0.1) is 11.6 Å². The molecule has 282 valence electrons. The van der Waals surface area contributed by atoms with Gasteiger partial charge in [0.1, 0.15) is 0 Å². The summed E-state index contributed by atoms with van der Waals surface area (Å²) in [6.07, 6.45) is 6.47. The molecule has 7 aromatic rings. The number of ether oxygens (including phenoxy) is 1. The number of rotatable bonds is 8. The van der Waals surface area contributed by atoms with E-state index in [0.29, 0.717) is 34.4 Å². The number of hydrogen-bond donors (Lipinski definition) is 1. The Bertz CT molecular complexity index is 2520. The van der Waals surface area contributed by atoms with Crippen molar-refractivity contribution in [1.82, 2.24) is 9.97 Å². The average molecular weight is 913 g/mol. The van der Waals surface area contributed by atoms with Crippen molar-refractivity contribution in [2.24, 2.45) is 5.41 Å². The Hall–Kier alpha value is -5.31. The summed E-state index contributed by atoms with van der Waals surface area (Å²) in [5.41, 5.74) is 16.3. The van der Waals surface area contributed by atoms with Crippen LogP contribution in [0.1, 0.15) is 72.9 Å². The maximum absolute atomic E-state index is 10.9. The fourth-order valence-corrected chi connectivity index (χ4v) is 8.99. The van der Waals surface area contributed by atoms with Crippen molar-refractivity contribution < 1.29 is 30.9 Å². The number of para-hydroxylation sites is 1. The molecule has 5 aromatic carbocycles. The topological polar surface area (TPSA) is 55.2 Å². The first-order chi connectivity index (χ1) is 26.7. The van der Waals surface area contributed by atoms with Gasteiger partial charge in [-0.25, -0.2) is 4.98 Å². The van der Waals surface area contributed by atoms with E-state index in [1.54, 1.807) is 6.07 Å². The number of phenols is 1. The smallest absolute Gasteiger partial charge is 0.217 e. The van der Waals surface area contributed by atoms with E-state index in [4.69, 9.17) is 14.7 Å². The molecular formula is C51H45N2O2Pt-. The normalized spacial score (nSPS) is 13.8. The molecule has 5 heteroatoms. The summed E-state index contributed by atoms with van der Waals surface area (Å²) < 4.78 is 6.56. The molecule has 0 atom stereocenters. The van der Waals surface area contributed by atoms with Crippen LogP contribution in [-0.4, -0.2) is 15.1 Å². The molecule has 4 nitrogen and oxygen atoms in total. The molecule has 0 radical (unpaired) electrons. The van der Waals surface area contributed by atoms with E-state index >= 15 is 0 Å². The number of nitrogens with zero attached hydrogens (tertiary/aromatic N) is 2. The molecule has 0 unspecified atom stereocenters. The minimum atomic E-state index is 0. The zero-order chi connectivity index (χ0) is 37.7. The van der Waals surface area contributed by atoms with Crippen molar-refractivity contribution in [1.29, 1.82) is 0 Å². The fraction of sp³-hybridized carbons (Fsp3) is 0.216. The van der Waals surface area contributed by atoms with Gasteiger partial charge >= 0.3 is 0 Å².